The van der Waals surface area contributed by atoms with E-state index in [2.05, 4.69) is 4.72 Å². The smallest absolute Gasteiger partial charge is 0.240 e. The molecule has 0 spiro atoms. The topological polar surface area (TPSA) is 72.5 Å². The van der Waals surface area contributed by atoms with Crippen LogP contribution >= 0.6 is 0 Å². The van der Waals surface area contributed by atoms with Crippen molar-refractivity contribution in [2.75, 3.05) is 13.7 Å². The van der Waals surface area contributed by atoms with Crippen LogP contribution in [0, 0.1) is 5.82 Å². The van der Waals surface area contributed by atoms with Crippen LogP contribution in [0.15, 0.2) is 53.4 Å². The van der Waals surface area contributed by atoms with E-state index >= 15 is 0 Å². The maximum absolute atomic E-state index is 13.3. The Morgan fingerprint density at radius 1 is 1.21 bits per heavy atom. The zero-order chi connectivity index (χ0) is 17.7. The second-order valence-electron chi connectivity index (χ2n) is 5.22. The van der Waals surface area contributed by atoms with Gasteiger partial charge in [-0.1, -0.05) is 24.3 Å². The number of benzene rings is 2. The number of hydrogen-bond acceptors (Lipinski definition) is 4. The fourth-order valence-electron chi connectivity index (χ4n) is 2.20. The van der Waals surface area contributed by atoms with Gasteiger partial charge in [0.1, 0.15) is 5.82 Å². The van der Waals surface area contributed by atoms with Crippen molar-refractivity contribution in [1.29, 1.82) is 0 Å². The van der Waals surface area contributed by atoms with Crippen LogP contribution in [0.25, 0.3) is 0 Å². The van der Waals surface area contributed by atoms with E-state index in [9.17, 15) is 17.6 Å². The van der Waals surface area contributed by atoms with Gasteiger partial charge in [-0.3, -0.25) is 4.79 Å². The molecule has 128 valence electrons. The molecule has 2 aromatic carbocycles. The second kappa shape index (κ2) is 7.65. The van der Waals surface area contributed by atoms with Gasteiger partial charge in [-0.2, -0.15) is 0 Å². The molecule has 0 heterocycles. The van der Waals surface area contributed by atoms with Gasteiger partial charge in [0.2, 0.25) is 10.0 Å². The number of sulfonamides is 1. The summed E-state index contributed by atoms with van der Waals surface area (Å²) in [7, 11) is -2.40. The second-order valence-corrected chi connectivity index (χ2v) is 6.98. The number of nitrogens with one attached hydrogen (secondary N) is 1. The number of hydrogen-bond donors (Lipinski definition) is 1. The molecule has 0 aliphatic carbocycles. The number of methoxy groups -OCH3 is 1. The Morgan fingerprint density at radius 2 is 1.92 bits per heavy atom. The third-order valence-electron chi connectivity index (χ3n) is 3.51. The summed E-state index contributed by atoms with van der Waals surface area (Å²) in [6, 6.07) is 11.5. The first-order valence-corrected chi connectivity index (χ1v) is 8.71. The summed E-state index contributed by atoms with van der Waals surface area (Å²) >= 11 is 0. The standard InChI is InChI=1S/C17H18FNO4S/c1-12(20)13-5-4-8-16(10-13)24(21,22)19-11-17(23-2)14-6-3-7-15(18)9-14/h3-10,17,19H,11H2,1-2H3. The van der Waals surface area contributed by atoms with E-state index in [-0.39, 0.29) is 17.2 Å². The molecule has 5 nitrogen and oxygen atoms in total. The summed E-state index contributed by atoms with van der Waals surface area (Å²) in [5.74, 6) is -0.645. The molecule has 0 aromatic heterocycles. The van der Waals surface area contributed by atoms with E-state index in [4.69, 9.17) is 4.74 Å². The zero-order valence-corrected chi connectivity index (χ0v) is 14.1. The molecule has 0 amide bonds. The number of rotatable bonds is 7. The van der Waals surface area contributed by atoms with Crippen LogP contribution in [-0.2, 0) is 14.8 Å². The van der Waals surface area contributed by atoms with Crippen molar-refractivity contribution in [3.63, 3.8) is 0 Å². The van der Waals surface area contributed by atoms with Gasteiger partial charge in [0, 0.05) is 19.2 Å². The van der Waals surface area contributed by atoms with Crippen LogP contribution in [0.3, 0.4) is 0 Å². The first kappa shape index (κ1) is 18.3. The van der Waals surface area contributed by atoms with E-state index in [1.54, 1.807) is 12.1 Å². The Labute approximate surface area is 140 Å². The molecule has 2 rings (SSSR count). The van der Waals surface area contributed by atoms with Gasteiger partial charge in [-0.15, -0.1) is 0 Å². The molecule has 2 aromatic rings. The molecule has 1 N–H and O–H groups in total. The molecule has 0 saturated carbocycles. The van der Waals surface area contributed by atoms with E-state index in [0.717, 1.165) is 0 Å². The van der Waals surface area contributed by atoms with Crippen molar-refractivity contribution < 1.29 is 22.3 Å². The third kappa shape index (κ3) is 4.47. The van der Waals surface area contributed by atoms with Crippen LogP contribution in [0.4, 0.5) is 4.39 Å². The minimum absolute atomic E-state index is 0.00991. The maximum atomic E-state index is 13.3. The molecule has 0 saturated heterocycles. The zero-order valence-electron chi connectivity index (χ0n) is 13.3. The Bertz CT molecular complexity index is 836. The predicted molar refractivity (Wildman–Crippen MR) is 87.8 cm³/mol. The maximum Gasteiger partial charge on any atom is 0.240 e. The van der Waals surface area contributed by atoms with E-state index in [1.807, 2.05) is 0 Å². The van der Waals surface area contributed by atoms with Crippen molar-refractivity contribution in [2.45, 2.75) is 17.9 Å². The first-order valence-electron chi connectivity index (χ1n) is 7.22. The molecular weight excluding hydrogens is 333 g/mol. The average Bonchev–Trinajstić information content (AvgIpc) is 2.55. The van der Waals surface area contributed by atoms with Crippen LogP contribution < -0.4 is 4.72 Å². The highest BCUT2D eigenvalue weighted by molar-refractivity contribution is 7.89. The van der Waals surface area contributed by atoms with Crippen molar-refractivity contribution >= 4 is 15.8 Å². The highest BCUT2D eigenvalue weighted by Gasteiger charge is 2.19. The van der Waals surface area contributed by atoms with E-state index in [1.165, 1.54) is 50.4 Å². The number of carbonyl (C=O) groups excluding carboxylic acids is 1. The number of ketones is 1. The summed E-state index contributed by atoms with van der Waals surface area (Å²) in [5, 5.41) is 0. The van der Waals surface area contributed by atoms with Gasteiger partial charge in [0.25, 0.3) is 0 Å². The number of carbonyl (C=O) groups is 1. The number of ether oxygens (including phenoxy) is 1. The Morgan fingerprint density at radius 3 is 2.54 bits per heavy atom. The lowest BCUT2D eigenvalue weighted by atomic mass is 10.1. The first-order chi connectivity index (χ1) is 11.3. The van der Waals surface area contributed by atoms with E-state index < -0.39 is 21.9 Å². The van der Waals surface area contributed by atoms with Gasteiger partial charge in [-0.25, -0.2) is 17.5 Å². The molecule has 1 unspecified atom stereocenters. The molecule has 0 aliphatic heterocycles. The van der Waals surface area contributed by atoms with Gasteiger partial charge >= 0.3 is 0 Å². The minimum atomic E-state index is -3.82. The van der Waals surface area contributed by atoms with Gasteiger partial charge < -0.3 is 4.74 Å². The molecule has 0 fully saturated rings. The molecule has 24 heavy (non-hydrogen) atoms. The Balaban J connectivity index is 2.17. The third-order valence-corrected chi connectivity index (χ3v) is 4.94. The van der Waals surface area contributed by atoms with Gasteiger partial charge in [-0.05, 0) is 36.8 Å². The average molecular weight is 351 g/mol. The van der Waals surface area contributed by atoms with Crippen molar-refractivity contribution in [1.82, 2.24) is 4.72 Å². The lowest BCUT2D eigenvalue weighted by molar-refractivity contribution is 0.101. The highest BCUT2D eigenvalue weighted by Crippen LogP contribution is 2.18. The Hall–Kier alpha value is -2.09. The minimum Gasteiger partial charge on any atom is -0.375 e. The van der Waals surface area contributed by atoms with Crippen molar-refractivity contribution in [2.24, 2.45) is 0 Å². The van der Waals surface area contributed by atoms with Crippen LogP contribution in [0.5, 0.6) is 0 Å². The summed E-state index contributed by atoms with van der Waals surface area (Å²) in [5.41, 5.74) is 0.837. The van der Waals surface area contributed by atoms with Crippen LogP contribution in [-0.4, -0.2) is 27.9 Å². The predicted octanol–water partition coefficient (Wildman–Crippen LogP) is 2.69. The van der Waals surface area contributed by atoms with E-state index in [0.29, 0.717) is 11.1 Å². The monoisotopic (exact) mass is 351 g/mol. The van der Waals surface area contributed by atoms with Crippen molar-refractivity contribution in [3.8, 4) is 0 Å². The summed E-state index contributed by atoms with van der Waals surface area (Å²) < 4.78 is 45.7. The summed E-state index contributed by atoms with van der Waals surface area (Å²) in [6.07, 6.45) is -0.633. The summed E-state index contributed by atoms with van der Waals surface area (Å²) in [6.45, 7) is 1.30. The number of halogens is 1. The lowest BCUT2D eigenvalue weighted by Crippen LogP contribution is -2.29. The summed E-state index contributed by atoms with van der Waals surface area (Å²) in [4.78, 5) is 11.4. The SMILES string of the molecule is COC(CNS(=O)(=O)c1cccc(C(C)=O)c1)c1cccc(F)c1. The normalized spacial score (nSPS) is 12.8. The van der Waals surface area contributed by atoms with Gasteiger partial charge in [0.15, 0.2) is 5.78 Å². The van der Waals surface area contributed by atoms with Crippen LogP contribution in [0.2, 0.25) is 0 Å². The fourth-order valence-corrected chi connectivity index (χ4v) is 3.27. The fraction of sp³-hybridized carbons (Fsp3) is 0.235. The largest absolute Gasteiger partial charge is 0.375 e. The lowest BCUT2D eigenvalue weighted by Gasteiger charge is -2.17. The molecule has 0 radical (unpaired) electrons. The molecular formula is C17H18FNO4S. The van der Waals surface area contributed by atoms with Crippen LogP contribution in [0.1, 0.15) is 28.9 Å². The highest BCUT2D eigenvalue weighted by atomic mass is 32.2. The molecule has 1 atom stereocenters. The molecule has 0 aliphatic rings. The quantitative estimate of drug-likeness (QED) is 0.779. The molecule has 7 heteroatoms. The Kier molecular flexibility index (Phi) is 5.82. The van der Waals surface area contributed by atoms with Crippen molar-refractivity contribution in [3.05, 3.63) is 65.5 Å². The van der Waals surface area contributed by atoms with Gasteiger partial charge in [0.05, 0.1) is 11.0 Å². The number of Topliss-reactive ketones (excluding diaryl/α,β-unsaturated/α-hetero) is 1. The molecule has 0 bridgehead atoms.